The van der Waals surface area contributed by atoms with Crippen LogP contribution in [0.1, 0.15) is 42.4 Å². The number of hydrogen-bond donors (Lipinski definition) is 2. The Morgan fingerprint density at radius 1 is 1.68 bits per heavy atom. The van der Waals surface area contributed by atoms with Crippen LogP contribution in [0, 0.1) is 0 Å². The van der Waals surface area contributed by atoms with Crippen LogP contribution in [0.2, 0.25) is 0 Å². The Labute approximate surface area is 117 Å². The first-order chi connectivity index (χ1) is 8.91. The second kappa shape index (κ2) is 5.54. The molecule has 0 aromatic carbocycles. The standard InChI is InChI=1S/C13H21N3O2S/c1-9(2)10-6-11(16(3)15-10)12(17)14-7-13(18)4-5-19-8-13/h6,9,18H,4-5,7-8H2,1-3H3,(H,14,17). The van der Waals surface area contributed by atoms with Gasteiger partial charge in [-0.1, -0.05) is 13.8 Å². The molecule has 2 N–H and O–H groups in total. The van der Waals surface area contributed by atoms with E-state index in [1.165, 1.54) is 0 Å². The maximum Gasteiger partial charge on any atom is 0.269 e. The fourth-order valence-electron chi connectivity index (χ4n) is 2.06. The van der Waals surface area contributed by atoms with E-state index in [0.29, 0.717) is 23.9 Å². The molecule has 0 bridgehead atoms. The lowest BCUT2D eigenvalue weighted by Gasteiger charge is -2.21. The maximum absolute atomic E-state index is 12.1. The van der Waals surface area contributed by atoms with Crippen molar-refractivity contribution in [3.63, 3.8) is 0 Å². The Morgan fingerprint density at radius 2 is 2.42 bits per heavy atom. The monoisotopic (exact) mass is 283 g/mol. The van der Waals surface area contributed by atoms with E-state index in [1.54, 1.807) is 23.5 Å². The fourth-order valence-corrected chi connectivity index (χ4v) is 3.35. The number of aryl methyl sites for hydroxylation is 1. The molecule has 1 aromatic heterocycles. The predicted octanol–water partition coefficient (Wildman–Crippen LogP) is 1.14. The van der Waals surface area contributed by atoms with Crippen LogP contribution >= 0.6 is 11.8 Å². The molecule has 1 atom stereocenters. The first kappa shape index (κ1) is 14.4. The lowest BCUT2D eigenvalue weighted by Crippen LogP contribution is -2.43. The third-order valence-electron chi connectivity index (χ3n) is 3.38. The van der Waals surface area contributed by atoms with E-state index in [9.17, 15) is 9.90 Å². The van der Waals surface area contributed by atoms with Crippen LogP contribution in [-0.2, 0) is 7.05 Å². The summed E-state index contributed by atoms with van der Waals surface area (Å²) in [4.78, 5) is 12.1. The van der Waals surface area contributed by atoms with Crippen LogP contribution in [0.4, 0.5) is 0 Å². The third-order valence-corrected chi connectivity index (χ3v) is 4.62. The van der Waals surface area contributed by atoms with Gasteiger partial charge in [0, 0.05) is 19.3 Å². The number of nitrogens with zero attached hydrogens (tertiary/aromatic N) is 2. The summed E-state index contributed by atoms with van der Waals surface area (Å²) in [5, 5.41) is 17.3. The van der Waals surface area contributed by atoms with Crippen molar-refractivity contribution in [1.82, 2.24) is 15.1 Å². The Kier molecular flexibility index (Phi) is 4.20. The average molecular weight is 283 g/mol. The molecule has 2 rings (SSSR count). The van der Waals surface area contributed by atoms with Crippen molar-refractivity contribution in [2.45, 2.75) is 31.8 Å². The molecule has 1 aliphatic rings. The van der Waals surface area contributed by atoms with Gasteiger partial charge in [0.15, 0.2) is 0 Å². The van der Waals surface area contributed by atoms with Crippen molar-refractivity contribution in [3.05, 3.63) is 17.5 Å². The van der Waals surface area contributed by atoms with Gasteiger partial charge >= 0.3 is 0 Å². The van der Waals surface area contributed by atoms with Crippen molar-refractivity contribution < 1.29 is 9.90 Å². The van der Waals surface area contributed by atoms with E-state index in [0.717, 1.165) is 17.9 Å². The summed E-state index contributed by atoms with van der Waals surface area (Å²) >= 11 is 1.72. The minimum absolute atomic E-state index is 0.174. The number of aliphatic hydroxyl groups is 1. The number of carbonyl (C=O) groups is 1. The quantitative estimate of drug-likeness (QED) is 0.869. The highest BCUT2D eigenvalue weighted by Crippen LogP contribution is 2.27. The van der Waals surface area contributed by atoms with Crippen LogP contribution in [0.5, 0.6) is 0 Å². The molecule has 5 nitrogen and oxygen atoms in total. The fraction of sp³-hybridized carbons (Fsp3) is 0.692. The van der Waals surface area contributed by atoms with Crippen LogP contribution in [0.25, 0.3) is 0 Å². The molecule has 1 aromatic rings. The molecule has 1 amide bonds. The van der Waals surface area contributed by atoms with E-state index < -0.39 is 5.60 Å². The van der Waals surface area contributed by atoms with Gasteiger partial charge in [-0.25, -0.2) is 0 Å². The molecule has 1 saturated heterocycles. The highest BCUT2D eigenvalue weighted by atomic mass is 32.2. The third kappa shape index (κ3) is 3.30. The molecule has 1 aliphatic heterocycles. The van der Waals surface area contributed by atoms with Crippen LogP contribution in [-0.4, -0.2) is 44.4 Å². The van der Waals surface area contributed by atoms with E-state index >= 15 is 0 Å². The number of aromatic nitrogens is 2. The van der Waals surface area contributed by atoms with Crippen molar-refractivity contribution in [3.8, 4) is 0 Å². The maximum atomic E-state index is 12.1. The second-order valence-electron chi connectivity index (χ2n) is 5.44. The highest BCUT2D eigenvalue weighted by Gasteiger charge is 2.32. The van der Waals surface area contributed by atoms with Gasteiger partial charge in [-0.3, -0.25) is 9.48 Å². The molecule has 19 heavy (non-hydrogen) atoms. The zero-order valence-corrected chi connectivity index (χ0v) is 12.5. The minimum Gasteiger partial charge on any atom is -0.387 e. The first-order valence-corrected chi connectivity index (χ1v) is 7.69. The summed E-state index contributed by atoms with van der Waals surface area (Å²) in [5.74, 6) is 1.77. The largest absolute Gasteiger partial charge is 0.387 e. The minimum atomic E-state index is -0.750. The normalized spacial score (nSPS) is 23.0. The molecule has 0 aliphatic carbocycles. The molecule has 0 saturated carbocycles. The number of hydrogen-bond acceptors (Lipinski definition) is 4. The van der Waals surface area contributed by atoms with Crippen molar-refractivity contribution in [2.75, 3.05) is 18.1 Å². The Bertz CT molecular complexity index is 464. The molecular weight excluding hydrogens is 262 g/mol. The Balaban J connectivity index is 2.00. The first-order valence-electron chi connectivity index (χ1n) is 6.53. The highest BCUT2D eigenvalue weighted by molar-refractivity contribution is 7.99. The lowest BCUT2D eigenvalue weighted by atomic mass is 10.0. The summed E-state index contributed by atoms with van der Waals surface area (Å²) < 4.78 is 1.60. The summed E-state index contributed by atoms with van der Waals surface area (Å²) in [5.41, 5.74) is 0.695. The molecule has 106 valence electrons. The summed E-state index contributed by atoms with van der Waals surface area (Å²) in [7, 11) is 1.76. The average Bonchev–Trinajstić information content (AvgIpc) is 2.93. The molecule has 1 fully saturated rings. The topological polar surface area (TPSA) is 67.2 Å². The van der Waals surface area contributed by atoms with Gasteiger partial charge in [-0.15, -0.1) is 0 Å². The van der Waals surface area contributed by atoms with Gasteiger partial charge in [0.25, 0.3) is 5.91 Å². The molecule has 0 spiro atoms. The van der Waals surface area contributed by atoms with Crippen LogP contribution in [0.3, 0.4) is 0 Å². The zero-order valence-electron chi connectivity index (χ0n) is 11.6. The van der Waals surface area contributed by atoms with Crippen molar-refractivity contribution in [2.24, 2.45) is 7.05 Å². The van der Waals surface area contributed by atoms with E-state index in [2.05, 4.69) is 10.4 Å². The van der Waals surface area contributed by atoms with Crippen LogP contribution < -0.4 is 5.32 Å². The Morgan fingerprint density at radius 3 is 2.95 bits per heavy atom. The zero-order chi connectivity index (χ0) is 14.0. The molecule has 0 radical (unpaired) electrons. The smallest absolute Gasteiger partial charge is 0.269 e. The number of amides is 1. The van der Waals surface area contributed by atoms with Gasteiger partial charge in [0.2, 0.25) is 0 Å². The lowest BCUT2D eigenvalue weighted by molar-refractivity contribution is 0.0609. The number of carbonyl (C=O) groups excluding carboxylic acids is 1. The van der Waals surface area contributed by atoms with E-state index in [1.807, 2.05) is 19.9 Å². The number of thioether (sulfide) groups is 1. The van der Waals surface area contributed by atoms with Gasteiger partial charge in [0.05, 0.1) is 11.3 Å². The van der Waals surface area contributed by atoms with E-state index in [-0.39, 0.29) is 5.91 Å². The molecule has 6 heteroatoms. The van der Waals surface area contributed by atoms with E-state index in [4.69, 9.17) is 0 Å². The predicted molar refractivity (Wildman–Crippen MR) is 76.5 cm³/mol. The van der Waals surface area contributed by atoms with Gasteiger partial charge in [0.1, 0.15) is 5.69 Å². The van der Waals surface area contributed by atoms with Crippen LogP contribution in [0.15, 0.2) is 6.07 Å². The number of rotatable bonds is 4. The van der Waals surface area contributed by atoms with Crippen molar-refractivity contribution in [1.29, 1.82) is 0 Å². The summed E-state index contributed by atoms with van der Waals surface area (Å²) in [6.45, 7) is 4.39. The second-order valence-corrected chi connectivity index (χ2v) is 6.55. The van der Waals surface area contributed by atoms with Gasteiger partial charge < -0.3 is 10.4 Å². The molecular formula is C13H21N3O2S. The molecule has 1 unspecified atom stereocenters. The summed E-state index contributed by atoms with van der Waals surface area (Å²) in [6, 6.07) is 1.81. The SMILES string of the molecule is CC(C)c1cc(C(=O)NCC2(O)CCSC2)n(C)n1. The Hall–Kier alpha value is -1.01. The molecule has 2 heterocycles. The van der Waals surface area contributed by atoms with Gasteiger partial charge in [-0.2, -0.15) is 16.9 Å². The summed E-state index contributed by atoms with van der Waals surface area (Å²) in [6.07, 6.45) is 0.737. The van der Waals surface area contributed by atoms with Gasteiger partial charge in [-0.05, 0) is 24.2 Å². The van der Waals surface area contributed by atoms with Crippen molar-refractivity contribution >= 4 is 17.7 Å². The number of nitrogens with one attached hydrogen (secondary N) is 1.